The van der Waals surface area contributed by atoms with Crippen molar-refractivity contribution in [3.63, 3.8) is 0 Å². The number of alkyl halides is 3. The zero-order chi connectivity index (χ0) is 17.4. The monoisotopic (exact) mass is 324 g/mol. The smallest absolute Gasteiger partial charge is 0.417 e. The highest BCUT2D eigenvalue weighted by molar-refractivity contribution is 5.76. The van der Waals surface area contributed by atoms with Crippen molar-refractivity contribution in [1.29, 1.82) is 0 Å². The van der Waals surface area contributed by atoms with Crippen LogP contribution < -0.4 is 0 Å². The first kappa shape index (κ1) is 19.3. The van der Waals surface area contributed by atoms with Crippen LogP contribution in [-0.2, 0) is 9.53 Å². The summed E-state index contributed by atoms with van der Waals surface area (Å²) in [6.07, 6.45) is -2.99. The van der Waals surface area contributed by atoms with Gasteiger partial charge in [0.1, 0.15) is 5.60 Å². The first-order valence-electron chi connectivity index (χ1n) is 7.78. The number of halogens is 3. The summed E-state index contributed by atoms with van der Waals surface area (Å²) in [6, 6.07) is 0. The van der Waals surface area contributed by atoms with E-state index in [1.165, 1.54) is 0 Å². The zero-order valence-electron chi connectivity index (χ0n) is 14.0. The van der Waals surface area contributed by atoms with Crippen molar-refractivity contribution in [3.05, 3.63) is 0 Å². The molecule has 0 aromatic heterocycles. The van der Waals surface area contributed by atoms with Crippen molar-refractivity contribution in [3.8, 4) is 0 Å². The summed E-state index contributed by atoms with van der Waals surface area (Å²) in [5.74, 6) is -1.18. The van der Waals surface area contributed by atoms with E-state index in [2.05, 4.69) is 0 Å². The van der Waals surface area contributed by atoms with Crippen molar-refractivity contribution in [1.82, 2.24) is 0 Å². The third kappa shape index (κ3) is 3.94. The molecule has 0 aromatic carbocycles. The average molecular weight is 324 g/mol. The largest absolute Gasteiger partial charge is 0.459 e. The van der Waals surface area contributed by atoms with Crippen LogP contribution in [0.3, 0.4) is 0 Å². The lowest BCUT2D eigenvalue weighted by molar-refractivity contribution is -0.278. The molecule has 0 aromatic rings. The Morgan fingerprint density at radius 1 is 1.23 bits per heavy atom. The van der Waals surface area contributed by atoms with E-state index in [0.29, 0.717) is 19.3 Å². The van der Waals surface area contributed by atoms with Crippen LogP contribution in [0.4, 0.5) is 13.2 Å². The minimum Gasteiger partial charge on any atom is -0.459 e. The van der Waals surface area contributed by atoms with Crippen molar-refractivity contribution in [2.75, 3.05) is 0 Å². The van der Waals surface area contributed by atoms with Gasteiger partial charge in [0.2, 0.25) is 0 Å². The summed E-state index contributed by atoms with van der Waals surface area (Å²) in [5.41, 5.74) is -4.04. The van der Waals surface area contributed by atoms with Crippen molar-refractivity contribution in [2.45, 2.75) is 84.1 Å². The number of carbonyl (C=O) groups is 1. The van der Waals surface area contributed by atoms with Gasteiger partial charge in [-0.25, -0.2) is 0 Å². The van der Waals surface area contributed by atoms with E-state index in [1.54, 1.807) is 20.8 Å². The van der Waals surface area contributed by atoms with Gasteiger partial charge in [-0.05, 0) is 65.7 Å². The van der Waals surface area contributed by atoms with Crippen LogP contribution in [-0.4, -0.2) is 28.5 Å². The molecule has 1 aliphatic rings. The molecule has 1 aliphatic carbocycles. The fraction of sp³-hybridized carbons (Fsp3) is 0.938. The summed E-state index contributed by atoms with van der Waals surface area (Å²) in [4.78, 5) is 12.2. The molecular formula is C16H27F3O3. The molecular weight excluding hydrogens is 297 g/mol. The van der Waals surface area contributed by atoms with Gasteiger partial charge in [0, 0.05) is 0 Å². The third-order valence-corrected chi connectivity index (χ3v) is 5.19. The summed E-state index contributed by atoms with van der Waals surface area (Å²) in [6.45, 7) is 8.06. The fourth-order valence-corrected chi connectivity index (χ4v) is 2.63. The van der Waals surface area contributed by atoms with E-state index in [-0.39, 0.29) is 18.8 Å². The Hall–Kier alpha value is -0.780. The Labute approximate surface area is 130 Å². The van der Waals surface area contributed by atoms with E-state index in [4.69, 9.17) is 4.74 Å². The van der Waals surface area contributed by atoms with E-state index >= 15 is 0 Å². The highest BCUT2D eigenvalue weighted by atomic mass is 19.4. The summed E-state index contributed by atoms with van der Waals surface area (Å²) in [5, 5.41) is 9.76. The second-order valence-corrected chi connectivity index (χ2v) is 7.50. The summed E-state index contributed by atoms with van der Waals surface area (Å²) in [7, 11) is 0. The topological polar surface area (TPSA) is 46.5 Å². The van der Waals surface area contributed by atoms with Gasteiger partial charge < -0.3 is 9.84 Å². The number of rotatable bonds is 4. The Morgan fingerprint density at radius 2 is 1.68 bits per heavy atom. The SMILES string of the molecule is CCC(C)(C)C(=O)OC1(C)CCC(C(C)(O)C(F)(F)F)CC1. The molecule has 3 nitrogen and oxygen atoms in total. The Morgan fingerprint density at radius 3 is 2.05 bits per heavy atom. The predicted molar refractivity (Wildman–Crippen MR) is 77.2 cm³/mol. The fourth-order valence-electron chi connectivity index (χ4n) is 2.63. The van der Waals surface area contributed by atoms with E-state index in [1.807, 2.05) is 6.92 Å². The quantitative estimate of drug-likeness (QED) is 0.787. The molecule has 0 aliphatic heterocycles. The Bertz CT molecular complexity index is 405. The molecule has 0 spiro atoms. The van der Waals surface area contributed by atoms with Gasteiger partial charge >= 0.3 is 12.1 Å². The van der Waals surface area contributed by atoms with Gasteiger partial charge in [0.05, 0.1) is 5.41 Å². The molecule has 0 saturated heterocycles. The van der Waals surface area contributed by atoms with Gasteiger partial charge in [-0.15, -0.1) is 0 Å². The van der Waals surface area contributed by atoms with Crippen molar-refractivity contribution < 1.29 is 27.8 Å². The highest BCUT2D eigenvalue weighted by Gasteiger charge is 2.56. The molecule has 1 N–H and O–H groups in total. The van der Waals surface area contributed by atoms with Crippen LogP contribution in [0.25, 0.3) is 0 Å². The molecule has 130 valence electrons. The van der Waals surface area contributed by atoms with Gasteiger partial charge in [-0.3, -0.25) is 4.79 Å². The lowest BCUT2D eigenvalue weighted by Crippen LogP contribution is -2.52. The minimum absolute atomic E-state index is 0.183. The molecule has 0 radical (unpaired) electrons. The highest BCUT2D eigenvalue weighted by Crippen LogP contribution is 2.46. The number of carbonyl (C=O) groups excluding carboxylic acids is 1. The maximum Gasteiger partial charge on any atom is 0.417 e. The predicted octanol–water partition coefficient (Wildman–Crippen LogP) is 4.23. The second kappa shape index (κ2) is 6.02. The third-order valence-electron chi connectivity index (χ3n) is 5.19. The van der Waals surface area contributed by atoms with Crippen LogP contribution in [0.1, 0.15) is 66.7 Å². The van der Waals surface area contributed by atoms with Gasteiger partial charge in [-0.2, -0.15) is 13.2 Å². The first-order chi connectivity index (χ1) is 9.75. The molecule has 22 heavy (non-hydrogen) atoms. The summed E-state index contributed by atoms with van der Waals surface area (Å²) >= 11 is 0. The molecule has 1 saturated carbocycles. The lowest BCUT2D eigenvalue weighted by Gasteiger charge is -2.43. The molecule has 1 fully saturated rings. The standard InChI is InChI=1S/C16H27F3O3/c1-6-13(2,3)12(20)22-14(4)9-7-11(8-10-14)15(5,21)16(17,18)19/h11,21H,6-10H2,1-5H3. The lowest BCUT2D eigenvalue weighted by atomic mass is 9.72. The number of ether oxygens (including phenoxy) is 1. The maximum absolute atomic E-state index is 12.9. The Balaban J connectivity index is 2.70. The minimum atomic E-state index is -4.65. The normalized spacial score (nSPS) is 29.8. The van der Waals surface area contributed by atoms with Crippen LogP contribution in [0, 0.1) is 11.3 Å². The van der Waals surface area contributed by atoms with Crippen LogP contribution in [0.15, 0.2) is 0 Å². The van der Waals surface area contributed by atoms with Gasteiger partial charge in [0.25, 0.3) is 0 Å². The zero-order valence-corrected chi connectivity index (χ0v) is 14.0. The first-order valence-corrected chi connectivity index (χ1v) is 7.78. The number of hydrogen-bond acceptors (Lipinski definition) is 3. The number of hydrogen-bond donors (Lipinski definition) is 1. The van der Waals surface area contributed by atoms with Crippen LogP contribution in [0.5, 0.6) is 0 Å². The second-order valence-electron chi connectivity index (χ2n) is 7.50. The molecule has 1 unspecified atom stereocenters. The average Bonchev–Trinajstić information content (AvgIpc) is 2.37. The summed E-state index contributed by atoms with van der Waals surface area (Å²) < 4.78 is 44.2. The van der Waals surface area contributed by atoms with Crippen LogP contribution >= 0.6 is 0 Å². The number of aliphatic hydroxyl groups is 1. The van der Waals surface area contributed by atoms with E-state index < -0.39 is 28.7 Å². The van der Waals surface area contributed by atoms with Crippen LogP contribution in [0.2, 0.25) is 0 Å². The molecule has 0 bridgehead atoms. The maximum atomic E-state index is 12.9. The van der Waals surface area contributed by atoms with E-state index in [9.17, 15) is 23.1 Å². The number of esters is 1. The molecule has 6 heteroatoms. The molecule has 1 atom stereocenters. The van der Waals surface area contributed by atoms with E-state index in [0.717, 1.165) is 6.92 Å². The van der Waals surface area contributed by atoms with Gasteiger partial charge in [0.15, 0.2) is 5.60 Å². The molecule has 1 rings (SSSR count). The van der Waals surface area contributed by atoms with Gasteiger partial charge in [-0.1, -0.05) is 6.92 Å². The van der Waals surface area contributed by atoms with Crippen molar-refractivity contribution in [2.24, 2.45) is 11.3 Å². The Kier molecular flexibility index (Phi) is 5.27. The molecule has 0 amide bonds. The molecule has 0 heterocycles. The van der Waals surface area contributed by atoms with Crippen molar-refractivity contribution >= 4 is 5.97 Å².